The van der Waals surface area contributed by atoms with Crippen LogP contribution in [0.1, 0.15) is 32.4 Å². The van der Waals surface area contributed by atoms with Gasteiger partial charge in [-0.25, -0.2) is 0 Å². The number of benzene rings is 1. The van der Waals surface area contributed by atoms with Gasteiger partial charge < -0.3 is 15.9 Å². The Morgan fingerprint density at radius 2 is 1.59 bits per heavy atom. The van der Waals surface area contributed by atoms with E-state index >= 15 is 0 Å². The van der Waals surface area contributed by atoms with Crippen LogP contribution >= 0.6 is 45.2 Å². The van der Waals surface area contributed by atoms with Crippen LogP contribution in [0.15, 0.2) is 12.1 Å². The fourth-order valence-corrected chi connectivity index (χ4v) is 3.31. The number of phenolic OH excluding ortho intramolecular Hbond substituents is 1. The molecule has 0 unspecified atom stereocenters. The maximum absolute atomic E-state index is 10.2. The Morgan fingerprint density at radius 1 is 1.18 bits per heavy atom. The normalized spacial score (nSPS) is 15.7. The van der Waals surface area contributed by atoms with Crippen molar-refractivity contribution >= 4 is 45.2 Å². The standard InChI is InChI=1S/C12H17I2NO2/c1-12(2,3)11(17)9(15)6-4-7(13)10(16)8(14)5-6/h4-5,9,11,16-17H,15H2,1-3H3/t9-,11-/m1/s1. The molecular formula is C12H17I2NO2. The Bertz CT molecular complexity index is 392. The third-order valence-electron chi connectivity index (χ3n) is 2.65. The highest BCUT2D eigenvalue weighted by Crippen LogP contribution is 2.33. The highest BCUT2D eigenvalue weighted by atomic mass is 127. The molecule has 0 saturated carbocycles. The summed E-state index contributed by atoms with van der Waals surface area (Å²) in [4.78, 5) is 0. The summed E-state index contributed by atoms with van der Waals surface area (Å²) in [5, 5.41) is 19.9. The molecule has 0 spiro atoms. The van der Waals surface area contributed by atoms with Crippen molar-refractivity contribution in [3.63, 3.8) is 0 Å². The monoisotopic (exact) mass is 461 g/mol. The second-order valence-corrected chi connectivity index (χ2v) is 7.49. The summed E-state index contributed by atoms with van der Waals surface area (Å²) in [5.41, 5.74) is 6.65. The van der Waals surface area contributed by atoms with Crippen LogP contribution in [0.5, 0.6) is 5.75 Å². The van der Waals surface area contributed by atoms with Crippen molar-refractivity contribution in [1.82, 2.24) is 0 Å². The number of nitrogens with two attached hydrogens (primary N) is 1. The molecule has 0 aromatic heterocycles. The van der Waals surface area contributed by atoms with Crippen LogP contribution in [-0.4, -0.2) is 16.3 Å². The first-order chi connectivity index (χ1) is 7.64. The third kappa shape index (κ3) is 3.68. The number of halogens is 2. The zero-order valence-corrected chi connectivity index (χ0v) is 14.4. The van der Waals surface area contributed by atoms with Gasteiger partial charge in [0.15, 0.2) is 0 Å². The molecule has 0 amide bonds. The molecule has 2 atom stereocenters. The molecule has 1 aromatic carbocycles. The van der Waals surface area contributed by atoms with Crippen LogP contribution in [0.25, 0.3) is 0 Å². The molecule has 1 aromatic rings. The van der Waals surface area contributed by atoms with E-state index in [0.717, 1.165) is 12.7 Å². The van der Waals surface area contributed by atoms with E-state index in [1.807, 2.05) is 32.9 Å². The Hall–Kier alpha value is 0.400. The summed E-state index contributed by atoms with van der Waals surface area (Å²) in [6.07, 6.45) is -0.626. The summed E-state index contributed by atoms with van der Waals surface area (Å²) in [6.45, 7) is 5.86. The van der Waals surface area contributed by atoms with E-state index in [0.29, 0.717) is 0 Å². The predicted molar refractivity (Wildman–Crippen MR) is 85.9 cm³/mol. The van der Waals surface area contributed by atoms with Gasteiger partial charge in [-0.1, -0.05) is 20.8 Å². The lowest BCUT2D eigenvalue weighted by atomic mass is 9.82. The Labute approximate surface area is 129 Å². The smallest absolute Gasteiger partial charge is 0.142 e. The molecular weight excluding hydrogens is 444 g/mol. The van der Waals surface area contributed by atoms with Gasteiger partial charge in [0.2, 0.25) is 0 Å². The average Bonchev–Trinajstić information content (AvgIpc) is 2.21. The van der Waals surface area contributed by atoms with E-state index in [-0.39, 0.29) is 11.2 Å². The third-order valence-corrected chi connectivity index (χ3v) is 4.30. The van der Waals surface area contributed by atoms with Crippen molar-refractivity contribution in [2.24, 2.45) is 11.1 Å². The van der Waals surface area contributed by atoms with Crippen LogP contribution in [-0.2, 0) is 0 Å². The molecule has 17 heavy (non-hydrogen) atoms. The number of aliphatic hydroxyl groups excluding tert-OH is 1. The van der Waals surface area contributed by atoms with E-state index in [4.69, 9.17) is 5.73 Å². The zero-order chi connectivity index (χ0) is 13.4. The van der Waals surface area contributed by atoms with Gasteiger partial charge in [0.05, 0.1) is 19.3 Å². The molecule has 96 valence electrons. The average molecular weight is 461 g/mol. The van der Waals surface area contributed by atoms with E-state index in [1.54, 1.807) is 0 Å². The topological polar surface area (TPSA) is 66.5 Å². The van der Waals surface area contributed by atoms with Crippen molar-refractivity contribution in [1.29, 1.82) is 0 Å². The van der Waals surface area contributed by atoms with Gasteiger partial charge in [-0.05, 0) is 68.3 Å². The SMILES string of the molecule is CC(C)(C)[C@H](O)[C@H](N)c1cc(I)c(O)c(I)c1. The molecule has 0 fully saturated rings. The minimum Gasteiger partial charge on any atom is -0.506 e. The highest BCUT2D eigenvalue weighted by molar-refractivity contribution is 14.1. The number of phenols is 1. The van der Waals surface area contributed by atoms with Gasteiger partial charge in [-0.15, -0.1) is 0 Å². The van der Waals surface area contributed by atoms with E-state index < -0.39 is 12.1 Å². The molecule has 4 N–H and O–H groups in total. The van der Waals surface area contributed by atoms with Crippen LogP contribution in [0.4, 0.5) is 0 Å². The van der Waals surface area contributed by atoms with Crippen molar-refractivity contribution in [2.75, 3.05) is 0 Å². The van der Waals surface area contributed by atoms with E-state index in [9.17, 15) is 10.2 Å². The first-order valence-electron chi connectivity index (χ1n) is 5.26. The second-order valence-electron chi connectivity index (χ2n) is 5.17. The highest BCUT2D eigenvalue weighted by Gasteiger charge is 2.29. The van der Waals surface area contributed by atoms with Gasteiger partial charge >= 0.3 is 0 Å². The van der Waals surface area contributed by atoms with Gasteiger partial charge in [-0.3, -0.25) is 0 Å². The van der Waals surface area contributed by atoms with E-state index in [2.05, 4.69) is 45.2 Å². The van der Waals surface area contributed by atoms with Crippen LogP contribution in [0, 0.1) is 12.6 Å². The minimum atomic E-state index is -0.626. The molecule has 0 bridgehead atoms. The molecule has 0 saturated heterocycles. The Balaban J connectivity index is 3.09. The largest absolute Gasteiger partial charge is 0.506 e. The van der Waals surface area contributed by atoms with Crippen molar-refractivity contribution in [2.45, 2.75) is 32.9 Å². The lowest BCUT2D eigenvalue weighted by Gasteiger charge is -2.31. The van der Waals surface area contributed by atoms with Crippen LogP contribution in [0.3, 0.4) is 0 Å². The Kier molecular flexibility index (Phi) is 5.07. The molecule has 0 heterocycles. The summed E-state index contributed by atoms with van der Waals surface area (Å²) >= 11 is 4.12. The molecule has 0 aliphatic carbocycles. The molecule has 0 aliphatic rings. The van der Waals surface area contributed by atoms with Gasteiger partial charge in [-0.2, -0.15) is 0 Å². The summed E-state index contributed by atoms with van der Waals surface area (Å²) < 4.78 is 1.50. The fraction of sp³-hybridized carbons (Fsp3) is 0.500. The zero-order valence-electron chi connectivity index (χ0n) is 10.0. The number of aromatic hydroxyl groups is 1. The first kappa shape index (κ1) is 15.5. The number of hydrogen-bond acceptors (Lipinski definition) is 3. The van der Waals surface area contributed by atoms with Crippen molar-refractivity contribution in [3.8, 4) is 5.75 Å². The van der Waals surface area contributed by atoms with Crippen LogP contribution < -0.4 is 5.73 Å². The van der Waals surface area contributed by atoms with Crippen molar-refractivity contribution < 1.29 is 10.2 Å². The lowest BCUT2D eigenvalue weighted by Crippen LogP contribution is -2.37. The Morgan fingerprint density at radius 3 is 1.94 bits per heavy atom. The maximum atomic E-state index is 10.2. The summed E-state index contributed by atoms with van der Waals surface area (Å²) in [6, 6.07) is 3.19. The quantitative estimate of drug-likeness (QED) is 0.594. The number of aliphatic hydroxyl groups is 1. The lowest BCUT2D eigenvalue weighted by molar-refractivity contribution is 0.0400. The van der Waals surface area contributed by atoms with Gasteiger partial charge in [0.1, 0.15) is 5.75 Å². The van der Waals surface area contributed by atoms with Gasteiger partial charge in [0.25, 0.3) is 0 Å². The van der Waals surface area contributed by atoms with Gasteiger partial charge in [0, 0.05) is 0 Å². The molecule has 0 radical (unpaired) electrons. The first-order valence-corrected chi connectivity index (χ1v) is 7.42. The molecule has 5 heteroatoms. The number of hydrogen-bond donors (Lipinski definition) is 3. The second kappa shape index (κ2) is 5.58. The molecule has 0 aliphatic heterocycles. The van der Waals surface area contributed by atoms with Crippen LogP contribution in [0.2, 0.25) is 0 Å². The summed E-state index contributed by atoms with van der Waals surface area (Å²) in [7, 11) is 0. The molecule has 3 nitrogen and oxygen atoms in total. The molecule has 1 rings (SSSR count). The minimum absolute atomic E-state index is 0.270. The maximum Gasteiger partial charge on any atom is 0.142 e. The van der Waals surface area contributed by atoms with E-state index in [1.165, 1.54) is 0 Å². The number of rotatable bonds is 2. The van der Waals surface area contributed by atoms with Crippen molar-refractivity contribution in [3.05, 3.63) is 24.8 Å². The predicted octanol–water partition coefficient (Wildman–Crippen LogP) is 3.01. The fourth-order valence-electron chi connectivity index (χ4n) is 1.50. The summed E-state index contributed by atoms with van der Waals surface area (Å²) in [5.74, 6) is 0.271.